The highest BCUT2D eigenvalue weighted by molar-refractivity contribution is 6.32. The maximum absolute atomic E-state index is 12.4. The van der Waals surface area contributed by atoms with Crippen LogP contribution in [0.15, 0.2) is 59.0 Å². The van der Waals surface area contributed by atoms with Gasteiger partial charge in [0.05, 0.1) is 11.6 Å². The van der Waals surface area contributed by atoms with E-state index in [-0.39, 0.29) is 12.5 Å². The Morgan fingerprint density at radius 3 is 2.54 bits per heavy atom. The van der Waals surface area contributed by atoms with E-state index in [0.29, 0.717) is 40.2 Å². The standard InChI is InChI=1S/C20H18ClNO4/c1-2-25-19-9-5-14(11-17(19)21)20(24)22-15-6-3-13(4-7-15)18-10-8-16(12-23)26-18/h3-11,23H,2,12H2,1H3,(H,22,24). The molecule has 2 N–H and O–H groups in total. The van der Waals surface area contributed by atoms with E-state index < -0.39 is 0 Å². The molecule has 2 aromatic carbocycles. The number of amides is 1. The van der Waals surface area contributed by atoms with E-state index in [0.717, 1.165) is 5.56 Å². The number of hydrogen-bond donors (Lipinski definition) is 2. The Kier molecular flexibility index (Phi) is 5.61. The predicted octanol–water partition coefficient (Wildman–Crippen LogP) is 4.74. The Morgan fingerprint density at radius 1 is 1.15 bits per heavy atom. The third-order valence-corrected chi connectivity index (χ3v) is 4.03. The van der Waals surface area contributed by atoms with Crippen LogP contribution in [0.1, 0.15) is 23.0 Å². The summed E-state index contributed by atoms with van der Waals surface area (Å²) in [6, 6.07) is 15.7. The summed E-state index contributed by atoms with van der Waals surface area (Å²) in [5, 5.41) is 12.3. The van der Waals surface area contributed by atoms with Gasteiger partial charge < -0.3 is 19.6 Å². The van der Waals surface area contributed by atoms with Crippen LogP contribution < -0.4 is 10.1 Å². The molecule has 6 heteroatoms. The number of halogens is 1. The summed E-state index contributed by atoms with van der Waals surface area (Å²) in [5.74, 6) is 1.45. The minimum absolute atomic E-state index is 0.140. The quantitative estimate of drug-likeness (QED) is 0.656. The second-order valence-electron chi connectivity index (χ2n) is 5.53. The average molecular weight is 372 g/mol. The first-order valence-corrected chi connectivity index (χ1v) is 8.52. The van der Waals surface area contributed by atoms with E-state index >= 15 is 0 Å². The van der Waals surface area contributed by atoms with Gasteiger partial charge >= 0.3 is 0 Å². The van der Waals surface area contributed by atoms with Gasteiger partial charge in [-0.15, -0.1) is 0 Å². The van der Waals surface area contributed by atoms with Gasteiger partial charge in [0.15, 0.2) is 0 Å². The smallest absolute Gasteiger partial charge is 0.255 e. The van der Waals surface area contributed by atoms with Crippen molar-refractivity contribution in [3.05, 3.63) is 70.9 Å². The van der Waals surface area contributed by atoms with Crippen molar-refractivity contribution < 1.29 is 19.1 Å². The summed E-state index contributed by atoms with van der Waals surface area (Å²) in [5.41, 5.74) is 1.95. The lowest BCUT2D eigenvalue weighted by Crippen LogP contribution is -2.11. The summed E-state index contributed by atoms with van der Waals surface area (Å²) < 4.78 is 10.9. The molecule has 0 saturated heterocycles. The first kappa shape index (κ1) is 18.0. The van der Waals surface area contributed by atoms with Gasteiger partial charge in [0.1, 0.15) is 23.9 Å². The molecule has 0 radical (unpaired) electrons. The zero-order valence-electron chi connectivity index (χ0n) is 14.2. The Labute approximate surface area is 156 Å². The molecule has 0 aliphatic heterocycles. The van der Waals surface area contributed by atoms with Crippen LogP contribution in [0.2, 0.25) is 5.02 Å². The van der Waals surface area contributed by atoms with Crippen molar-refractivity contribution in [1.29, 1.82) is 0 Å². The molecule has 0 fully saturated rings. The number of furan rings is 1. The topological polar surface area (TPSA) is 71.7 Å². The molecule has 3 aromatic rings. The van der Waals surface area contributed by atoms with Crippen LogP contribution in [0.4, 0.5) is 5.69 Å². The largest absolute Gasteiger partial charge is 0.492 e. The fourth-order valence-corrected chi connectivity index (χ4v) is 2.69. The first-order chi connectivity index (χ1) is 12.6. The lowest BCUT2D eigenvalue weighted by Gasteiger charge is -2.09. The van der Waals surface area contributed by atoms with Crippen molar-refractivity contribution >= 4 is 23.2 Å². The predicted molar refractivity (Wildman–Crippen MR) is 101 cm³/mol. The van der Waals surface area contributed by atoms with Gasteiger partial charge in [-0.05, 0) is 61.5 Å². The Bertz CT molecular complexity index is 902. The van der Waals surface area contributed by atoms with Gasteiger partial charge in [-0.1, -0.05) is 11.6 Å². The molecule has 0 aliphatic rings. The van der Waals surface area contributed by atoms with Crippen LogP contribution in [0.5, 0.6) is 5.75 Å². The Hall–Kier alpha value is -2.76. The fourth-order valence-electron chi connectivity index (χ4n) is 2.45. The molecule has 0 spiro atoms. The van der Waals surface area contributed by atoms with Crippen LogP contribution in [0.25, 0.3) is 11.3 Å². The minimum Gasteiger partial charge on any atom is -0.492 e. The van der Waals surface area contributed by atoms with E-state index in [1.165, 1.54) is 0 Å². The minimum atomic E-state index is -0.261. The summed E-state index contributed by atoms with van der Waals surface area (Å²) in [6.07, 6.45) is 0. The molecule has 26 heavy (non-hydrogen) atoms. The monoisotopic (exact) mass is 371 g/mol. The summed E-state index contributed by atoms with van der Waals surface area (Å²) in [4.78, 5) is 12.4. The molecule has 0 saturated carbocycles. The molecule has 0 atom stereocenters. The van der Waals surface area contributed by atoms with E-state index in [1.54, 1.807) is 42.5 Å². The van der Waals surface area contributed by atoms with Crippen LogP contribution in [0, 0.1) is 0 Å². The molecule has 3 rings (SSSR count). The van der Waals surface area contributed by atoms with Crippen molar-refractivity contribution in [3.63, 3.8) is 0 Å². The molecular weight excluding hydrogens is 354 g/mol. The van der Waals surface area contributed by atoms with E-state index in [4.69, 9.17) is 25.9 Å². The lowest BCUT2D eigenvalue weighted by atomic mass is 10.1. The van der Waals surface area contributed by atoms with Gasteiger partial charge in [0.2, 0.25) is 0 Å². The lowest BCUT2D eigenvalue weighted by molar-refractivity contribution is 0.102. The van der Waals surface area contributed by atoms with Gasteiger partial charge in [-0.2, -0.15) is 0 Å². The van der Waals surface area contributed by atoms with Gasteiger partial charge in [0.25, 0.3) is 5.91 Å². The molecule has 0 aliphatic carbocycles. The van der Waals surface area contributed by atoms with Crippen molar-refractivity contribution in [2.24, 2.45) is 0 Å². The number of benzene rings is 2. The number of aliphatic hydroxyl groups excluding tert-OH is 1. The van der Waals surface area contributed by atoms with Crippen LogP contribution >= 0.6 is 11.6 Å². The molecule has 0 bridgehead atoms. The third kappa shape index (κ3) is 4.07. The fraction of sp³-hybridized carbons (Fsp3) is 0.150. The van der Waals surface area contributed by atoms with Crippen molar-refractivity contribution in [3.8, 4) is 17.1 Å². The summed E-state index contributed by atoms with van der Waals surface area (Å²) >= 11 is 6.12. The SMILES string of the molecule is CCOc1ccc(C(=O)Nc2ccc(-c3ccc(CO)o3)cc2)cc1Cl. The zero-order chi connectivity index (χ0) is 18.5. The zero-order valence-corrected chi connectivity index (χ0v) is 14.9. The molecular formula is C20H18ClNO4. The average Bonchev–Trinajstić information content (AvgIpc) is 3.13. The third-order valence-electron chi connectivity index (χ3n) is 3.74. The first-order valence-electron chi connectivity index (χ1n) is 8.14. The maximum Gasteiger partial charge on any atom is 0.255 e. The molecule has 1 amide bonds. The van der Waals surface area contributed by atoms with Gasteiger partial charge in [-0.3, -0.25) is 4.79 Å². The van der Waals surface area contributed by atoms with E-state index in [9.17, 15) is 4.79 Å². The highest BCUT2D eigenvalue weighted by atomic mass is 35.5. The number of rotatable bonds is 6. The molecule has 0 unspecified atom stereocenters. The highest BCUT2D eigenvalue weighted by Crippen LogP contribution is 2.27. The number of nitrogens with one attached hydrogen (secondary N) is 1. The van der Waals surface area contributed by atoms with Crippen LogP contribution in [-0.4, -0.2) is 17.6 Å². The van der Waals surface area contributed by atoms with Crippen molar-refractivity contribution in [2.45, 2.75) is 13.5 Å². The number of aliphatic hydroxyl groups is 1. The number of anilines is 1. The second kappa shape index (κ2) is 8.08. The normalized spacial score (nSPS) is 10.6. The molecule has 5 nitrogen and oxygen atoms in total. The van der Waals surface area contributed by atoms with Gasteiger partial charge in [0, 0.05) is 16.8 Å². The molecule has 1 heterocycles. The number of ether oxygens (including phenoxy) is 1. The van der Waals surface area contributed by atoms with Crippen molar-refractivity contribution in [2.75, 3.05) is 11.9 Å². The molecule has 1 aromatic heterocycles. The Balaban J connectivity index is 1.70. The van der Waals surface area contributed by atoms with E-state index in [2.05, 4.69) is 5.32 Å². The summed E-state index contributed by atoms with van der Waals surface area (Å²) in [7, 11) is 0. The summed E-state index contributed by atoms with van der Waals surface area (Å²) in [6.45, 7) is 2.24. The highest BCUT2D eigenvalue weighted by Gasteiger charge is 2.10. The van der Waals surface area contributed by atoms with Crippen LogP contribution in [-0.2, 0) is 6.61 Å². The number of carbonyl (C=O) groups is 1. The van der Waals surface area contributed by atoms with Crippen LogP contribution in [0.3, 0.4) is 0 Å². The maximum atomic E-state index is 12.4. The van der Waals surface area contributed by atoms with Crippen molar-refractivity contribution in [1.82, 2.24) is 0 Å². The Morgan fingerprint density at radius 2 is 1.92 bits per heavy atom. The van der Waals surface area contributed by atoms with E-state index in [1.807, 2.05) is 19.1 Å². The number of hydrogen-bond acceptors (Lipinski definition) is 4. The van der Waals surface area contributed by atoms with Gasteiger partial charge in [-0.25, -0.2) is 0 Å². The molecule has 134 valence electrons. The number of carbonyl (C=O) groups excluding carboxylic acids is 1. The second-order valence-corrected chi connectivity index (χ2v) is 5.94.